The molecule has 25 heavy (non-hydrogen) atoms. The lowest BCUT2D eigenvalue weighted by Crippen LogP contribution is -2.76. The third-order valence-corrected chi connectivity index (χ3v) is 6.38. The summed E-state index contributed by atoms with van der Waals surface area (Å²) in [4.78, 5) is 24.9. The van der Waals surface area contributed by atoms with E-state index in [1.54, 1.807) is 5.38 Å². The minimum absolute atomic E-state index is 0.184. The van der Waals surface area contributed by atoms with E-state index >= 15 is 0 Å². The number of hydrogen-bond acceptors (Lipinski definition) is 4. The van der Waals surface area contributed by atoms with Gasteiger partial charge in [0.05, 0.1) is 11.7 Å². The first-order chi connectivity index (χ1) is 11.7. The number of benzene rings is 1. The van der Waals surface area contributed by atoms with Gasteiger partial charge in [-0.2, -0.15) is 0 Å². The second-order valence-electron chi connectivity index (χ2n) is 7.18. The highest BCUT2D eigenvalue weighted by Gasteiger charge is 2.66. The lowest BCUT2D eigenvalue weighted by Gasteiger charge is -2.58. The Kier molecular flexibility index (Phi) is 4.37. The highest BCUT2D eigenvalue weighted by molar-refractivity contribution is 7.17. The molecular weight excluding hydrogens is 338 g/mol. The Morgan fingerprint density at radius 3 is 2.72 bits per heavy atom. The molecule has 0 radical (unpaired) electrons. The smallest absolute Gasteiger partial charge is 0.330 e. The van der Waals surface area contributed by atoms with Gasteiger partial charge in [0.2, 0.25) is 0 Å². The van der Waals surface area contributed by atoms with Crippen molar-refractivity contribution in [1.82, 2.24) is 5.32 Å². The molecule has 0 bridgehead atoms. The van der Waals surface area contributed by atoms with Crippen molar-refractivity contribution in [3.05, 3.63) is 34.7 Å². The highest BCUT2D eigenvalue weighted by atomic mass is 32.1. The van der Waals surface area contributed by atoms with Crippen LogP contribution in [0.15, 0.2) is 23.6 Å². The predicted octanol–water partition coefficient (Wildman–Crippen LogP) is 3.60. The number of carbonyl (C=O) groups excluding carboxylic acids is 1. The summed E-state index contributed by atoms with van der Waals surface area (Å²) in [5, 5.41) is 15.3. The van der Waals surface area contributed by atoms with Crippen LogP contribution < -0.4 is 5.32 Å². The molecule has 3 rings (SSSR count). The Morgan fingerprint density at radius 1 is 1.40 bits per heavy atom. The summed E-state index contributed by atoms with van der Waals surface area (Å²) in [7, 11) is 0. The SMILES string of the molecule is CCOC1CC(NC(=O)c2csc3cc(C)ccc23)(C(=O)O)C1(C)C. The maximum Gasteiger partial charge on any atom is 0.330 e. The molecule has 2 N–H and O–H groups in total. The van der Waals surface area contributed by atoms with Crippen molar-refractivity contribution >= 4 is 33.3 Å². The summed E-state index contributed by atoms with van der Waals surface area (Å²) >= 11 is 1.49. The average Bonchev–Trinajstić information content (AvgIpc) is 2.96. The first-order valence-electron chi connectivity index (χ1n) is 8.38. The van der Waals surface area contributed by atoms with Crippen LogP contribution in [0.5, 0.6) is 0 Å². The van der Waals surface area contributed by atoms with E-state index in [1.165, 1.54) is 11.3 Å². The number of carbonyl (C=O) groups is 2. The number of fused-ring (bicyclic) bond motifs is 1. The van der Waals surface area contributed by atoms with Crippen molar-refractivity contribution < 1.29 is 19.4 Å². The summed E-state index contributed by atoms with van der Waals surface area (Å²) in [6.45, 7) is 8.07. The van der Waals surface area contributed by atoms with E-state index in [1.807, 2.05) is 45.9 Å². The van der Waals surface area contributed by atoms with Crippen molar-refractivity contribution in [2.24, 2.45) is 5.41 Å². The Morgan fingerprint density at radius 2 is 2.12 bits per heavy atom. The second kappa shape index (κ2) is 6.11. The van der Waals surface area contributed by atoms with E-state index in [4.69, 9.17) is 4.74 Å². The molecule has 6 heteroatoms. The van der Waals surface area contributed by atoms with Gasteiger partial charge in [-0.25, -0.2) is 4.79 Å². The van der Waals surface area contributed by atoms with E-state index in [-0.39, 0.29) is 18.4 Å². The number of nitrogens with one attached hydrogen (secondary N) is 1. The van der Waals surface area contributed by atoms with Crippen LogP contribution >= 0.6 is 11.3 Å². The molecule has 1 aromatic carbocycles. The van der Waals surface area contributed by atoms with Gasteiger partial charge in [0.15, 0.2) is 0 Å². The maximum atomic E-state index is 12.9. The number of rotatable bonds is 5. The average molecular weight is 361 g/mol. The number of ether oxygens (including phenoxy) is 1. The third kappa shape index (κ3) is 2.64. The molecule has 0 spiro atoms. The van der Waals surface area contributed by atoms with Crippen LogP contribution in [0.3, 0.4) is 0 Å². The van der Waals surface area contributed by atoms with Crippen LogP contribution in [0, 0.1) is 12.3 Å². The third-order valence-electron chi connectivity index (χ3n) is 5.43. The molecule has 0 aliphatic heterocycles. The summed E-state index contributed by atoms with van der Waals surface area (Å²) in [5.74, 6) is -1.36. The standard InChI is InChI=1S/C19H23NO4S/c1-5-24-15-9-19(17(22)23,18(15,3)4)20-16(21)13-10-25-14-8-11(2)6-7-12(13)14/h6-8,10,15H,5,9H2,1-4H3,(H,20,21)(H,22,23). The Bertz CT molecular complexity index is 841. The fourth-order valence-corrected chi connectivity index (χ4v) is 4.65. The molecule has 0 saturated heterocycles. The lowest BCUT2D eigenvalue weighted by molar-refractivity contribution is -0.190. The van der Waals surface area contributed by atoms with Crippen molar-refractivity contribution in [1.29, 1.82) is 0 Å². The summed E-state index contributed by atoms with van der Waals surface area (Å²) < 4.78 is 6.66. The fraction of sp³-hybridized carbons (Fsp3) is 0.474. The monoisotopic (exact) mass is 361 g/mol. The van der Waals surface area contributed by atoms with Crippen LogP contribution in [-0.4, -0.2) is 35.2 Å². The van der Waals surface area contributed by atoms with E-state index in [0.717, 1.165) is 15.6 Å². The second-order valence-corrected chi connectivity index (χ2v) is 8.09. The van der Waals surface area contributed by atoms with Crippen molar-refractivity contribution in [2.45, 2.75) is 45.8 Å². The molecule has 1 aliphatic carbocycles. The molecular formula is C19H23NO4S. The number of hydrogen-bond donors (Lipinski definition) is 2. The largest absolute Gasteiger partial charge is 0.479 e. The van der Waals surface area contributed by atoms with Gasteiger partial charge in [-0.15, -0.1) is 11.3 Å². The maximum absolute atomic E-state index is 12.9. The Hall–Kier alpha value is -1.92. The lowest BCUT2D eigenvalue weighted by atomic mass is 9.54. The molecule has 1 heterocycles. The minimum Gasteiger partial charge on any atom is -0.479 e. The molecule has 2 atom stereocenters. The van der Waals surface area contributed by atoms with Crippen LogP contribution in [0.25, 0.3) is 10.1 Å². The molecule has 1 aliphatic rings. The number of thiophene rings is 1. The molecule has 1 saturated carbocycles. The van der Waals surface area contributed by atoms with Gasteiger partial charge in [0, 0.05) is 33.9 Å². The number of aliphatic carboxylic acids is 1. The molecule has 134 valence electrons. The van der Waals surface area contributed by atoms with Crippen molar-refractivity contribution in [2.75, 3.05) is 6.61 Å². The van der Waals surface area contributed by atoms with Crippen molar-refractivity contribution in [3.8, 4) is 0 Å². The van der Waals surface area contributed by atoms with Crippen LogP contribution in [0.1, 0.15) is 43.1 Å². The molecule has 2 unspecified atom stereocenters. The summed E-state index contributed by atoms with van der Waals surface area (Å²) in [6.07, 6.45) is 0.0894. The first kappa shape index (κ1) is 17.9. The minimum atomic E-state index is -1.32. The molecule has 1 aromatic heterocycles. The van der Waals surface area contributed by atoms with Crippen molar-refractivity contribution in [3.63, 3.8) is 0 Å². The van der Waals surface area contributed by atoms with Gasteiger partial charge in [0.1, 0.15) is 5.54 Å². The van der Waals surface area contributed by atoms with E-state index < -0.39 is 16.9 Å². The van der Waals surface area contributed by atoms with E-state index in [2.05, 4.69) is 5.32 Å². The van der Waals surface area contributed by atoms with Crippen LogP contribution in [0.2, 0.25) is 0 Å². The predicted molar refractivity (Wildman–Crippen MR) is 98.2 cm³/mol. The van der Waals surface area contributed by atoms with Gasteiger partial charge in [-0.05, 0) is 25.5 Å². The quantitative estimate of drug-likeness (QED) is 0.853. The highest BCUT2D eigenvalue weighted by Crippen LogP contribution is 2.51. The topological polar surface area (TPSA) is 75.6 Å². The number of carboxylic acids is 1. The van der Waals surface area contributed by atoms with E-state index in [9.17, 15) is 14.7 Å². The van der Waals surface area contributed by atoms with Gasteiger partial charge in [0.25, 0.3) is 5.91 Å². The zero-order valence-electron chi connectivity index (χ0n) is 14.9. The van der Waals surface area contributed by atoms with E-state index in [0.29, 0.717) is 12.2 Å². The van der Waals surface area contributed by atoms with Gasteiger partial charge in [-0.1, -0.05) is 26.0 Å². The number of amides is 1. The van der Waals surface area contributed by atoms with Crippen LogP contribution in [0.4, 0.5) is 0 Å². The number of aryl methyl sites for hydroxylation is 1. The molecule has 1 amide bonds. The zero-order valence-corrected chi connectivity index (χ0v) is 15.7. The Balaban J connectivity index is 1.91. The van der Waals surface area contributed by atoms with Gasteiger partial charge in [-0.3, -0.25) is 4.79 Å². The first-order valence-corrected chi connectivity index (χ1v) is 9.26. The van der Waals surface area contributed by atoms with Gasteiger partial charge < -0.3 is 15.2 Å². The molecule has 5 nitrogen and oxygen atoms in total. The molecule has 1 fully saturated rings. The van der Waals surface area contributed by atoms with Gasteiger partial charge >= 0.3 is 5.97 Å². The zero-order chi connectivity index (χ0) is 18.4. The molecule has 2 aromatic rings. The summed E-state index contributed by atoms with van der Waals surface area (Å²) in [6, 6.07) is 5.90. The normalized spacial score (nSPS) is 24.7. The Labute approximate surface area is 151 Å². The van der Waals surface area contributed by atoms with Crippen LogP contribution in [-0.2, 0) is 9.53 Å². The fourth-order valence-electron chi connectivity index (χ4n) is 3.61. The number of carboxylic acid groups (broad SMARTS) is 1. The summed E-state index contributed by atoms with van der Waals surface area (Å²) in [5.41, 5.74) is -0.352.